The van der Waals surface area contributed by atoms with Crippen LogP contribution in [0.5, 0.6) is 5.75 Å². The van der Waals surface area contributed by atoms with Gasteiger partial charge in [-0.2, -0.15) is 5.10 Å². The molecular weight excluding hydrogens is 280 g/mol. The van der Waals surface area contributed by atoms with Crippen molar-refractivity contribution in [1.29, 1.82) is 0 Å². The number of benzene rings is 1. The van der Waals surface area contributed by atoms with Crippen LogP contribution in [-0.4, -0.2) is 59.5 Å². The molecule has 116 valence electrons. The maximum atomic E-state index is 8.97. The molecule has 1 aliphatic rings. The molecular formula is C16H20N4O2. The highest BCUT2D eigenvalue weighted by Crippen LogP contribution is 2.29. The molecule has 1 N–H and O–H groups in total. The van der Waals surface area contributed by atoms with Crippen LogP contribution in [-0.2, 0) is 6.54 Å². The van der Waals surface area contributed by atoms with Gasteiger partial charge >= 0.3 is 0 Å². The highest BCUT2D eigenvalue weighted by atomic mass is 16.5. The van der Waals surface area contributed by atoms with E-state index < -0.39 is 0 Å². The van der Waals surface area contributed by atoms with Crippen LogP contribution in [0, 0.1) is 0 Å². The van der Waals surface area contributed by atoms with E-state index in [2.05, 4.69) is 15.0 Å². The maximum Gasteiger partial charge on any atom is 0.134 e. The zero-order valence-corrected chi connectivity index (χ0v) is 12.9. The fourth-order valence-corrected chi connectivity index (χ4v) is 2.64. The summed E-state index contributed by atoms with van der Waals surface area (Å²) < 4.78 is 7.61. The molecule has 2 heterocycles. The molecule has 1 aliphatic heterocycles. The van der Waals surface area contributed by atoms with Gasteiger partial charge in [-0.1, -0.05) is 6.07 Å². The van der Waals surface area contributed by atoms with Gasteiger partial charge in [0.2, 0.25) is 0 Å². The molecule has 1 aromatic heterocycles. The van der Waals surface area contributed by atoms with Gasteiger partial charge in [-0.05, 0) is 17.7 Å². The van der Waals surface area contributed by atoms with Gasteiger partial charge in [0.05, 0.1) is 31.5 Å². The van der Waals surface area contributed by atoms with Gasteiger partial charge in [-0.15, -0.1) is 0 Å². The van der Waals surface area contributed by atoms with Crippen molar-refractivity contribution in [2.45, 2.75) is 6.54 Å². The molecule has 0 spiro atoms. The number of likely N-dealkylation sites (N-methyl/N-ethyl adjacent to an activating group) is 1. The summed E-state index contributed by atoms with van der Waals surface area (Å²) in [5.41, 5.74) is 3.06. The molecule has 6 nitrogen and oxygen atoms in total. The van der Waals surface area contributed by atoms with E-state index in [1.807, 2.05) is 31.4 Å². The van der Waals surface area contributed by atoms with Gasteiger partial charge in [0.1, 0.15) is 18.2 Å². The van der Waals surface area contributed by atoms with Gasteiger partial charge < -0.3 is 14.7 Å². The molecule has 1 aromatic carbocycles. The molecule has 0 saturated heterocycles. The van der Waals surface area contributed by atoms with Gasteiger partial charge in [-0.25, -0.2) is 0 Å². The van der Waals surface area contributed by atoms with Crippen LogP contribution in [0.3, 0.4) is 0 Å². The smallest absolute Gasteiger partial charge is 0.134 e. The number of fused-ring (bicyclic) bond motifs is 1. The van der Waals surface area contributed by atoms with E-state index in [-0.39, 0.29) is 6.61 Å². The van der Waals surface area contributed by atoms with E-state index in [9.17, 15) is 0 Å². The first-order valence-corrected chi connectivity index (χ1v) is 7.31. The third-order valence-corrected chi connectivity index (χ3v) is 3.78. The number of aliphatic hydroxyl groups excluding tert-OH is 1. The Morgan fingerprint density at radius 1 is 1.36 bits per heavy atom. The highest BCUT2D eigenvalue weighted by molar-refractivity contribution is 6.01. The summed E-state index contributed by atoms with van der Waals surface area (Å²) in [6.45, 7) is 2.02. The second kappa shape index (κ2) is 6.19. The van der Waals surface area contributed by atoms with Crippen molar-refractivity contribution in [3.63, 3.8) is 0 Å². The minimum Gasteiger partial charge on any atom is -0.491 e. The van der Waals surface area contributed by atoms with Crippen LogP contribution >= 0.6 is 0 Å². The van der Waals surface area contributed by atoms with Crippen molar-refractivity contribution < 1.29 is 9.84 Å². The number of amidine groups is 1. The number of aliphatic imine (C=N–C) groups is 1. The Labute approximate surface area is 129 Å². The number of hydrogen-bond donors (Lipinski definition) is 1. The minimum atomic E-state index is 0.0804. The number of aromatic nitrogens is 2. The third-order valence-electron chi connectivity index (χ3n) is 3.78. The molecule has 2 aromatic rings. The van der Waals surface area contributed by atoms with Crippen LogP contribution in [0.1, 0.15) is 5.56 Å². The first kappa shape index (κ1) is 14.6. The van der Waals surface area contributed by atoms with Gasteiger partial charge in [0, 0.05) is 25.9 Å². The molecule has 22 heavy (non-hydrogen) atoms. The molecule has 0 radical (unpaired) electrons. The lowest BCUT2D eigenvalue weighted by Gasteiger charge is -2.17. The number of ether oxygens (including phenoxy) is 1. The van der Waals surface area contributed by atoms with E-state index in [0.29, 0.717) is 13.2 Å². The van der Waals surface area contributed by atoms with Crippen LogP contribution in [0.4, 0.5) is 0 Å². The van der Waals surface area contributed by atoms with Gasteiger partial charge in [0.15, 0.2) is 0 Å². The van der Waals surface area contributed by atoms with E-state index in [0.717, 1.165) is 34.8 Å². The molecule has 3 rings (SSSR count). The number of aliphatic hydroxyl groups is 1. The summed E-state index contributed by atoms with van der Waals surface area (Å²) in [6, 6.07) is 6.12. The molecule has 0 saturated carbocycles. The molecule has 0 unspecified atom stereocenters. The summed E-state index contributed by atoms with van der Waals surface area (Å²) in [5, 5.41) is 13.2. The standard InChI is InChI=1S/C16H20N4O2/c1-17-16-14-4-3-12(9-15(14)22-8-6-19(16)2)13-10-18-20(11-13)5-7-21/h3-4,9-11,21H,5-8H2,1-2H3. The Kier molecular flexibility index (Phi) is 4.11. The predicted molar refractivity (Wildman–Crippen MR) is 85.3 cm³/mol. The quantitative estimate of drug-likeness (QED) is 0.926. The predicted octanol–water partition coefficient (Wildman–Crippen LogP) is 1.24. The summed E-state index contributed by atoms with van der Waals surface area (Å²) in [5.74, 6) is 1.78. The Morgan fingerprint density at radius 3 is 3.00 bits per heavy atom. The Hall–Kier alpha value is -2.34. The molecule has 0 atom stereocenters. The SMILES string of the molecule is CN=C1c2ccc(-c3cnn(CCO)c3)cc2OCCN1C. The van der Waals surface area contributed by atoms with E-state index >= 15 is 0 Å². The number of hydrogen-bond acceptors (Lipinski definition) is 4. The summed E-state index contributed by atoms with van der Waals surface area (Å²) in [4.78, 5) is 6.48. The average Bonchev–Trinajstić information content (AvgIpc) is 2.91. The molecule has 6 heteroatoms. The highest BCUT2D eigenvalue weighted by Gasteiger charge is 2.19. The second-order valence-corrected chi connectivity index (χ2v) is 5.24. The van der Waals surface area contributed by atoms with E-state index in [1.54, 1.807) is 17.9 Å². The minimum absolute atomic E-state index is 0.0804. The van der Waals surface area contributed by atoms with Crippen LogP contribution in [0.2, 0.25) is 0 Å². The number of nitrogens with zero attached hydrogens (tertiary/aromatic N) is 4. The molecule has 0 fully saturated rings. The third kappa shape index (κ3) is 2.69. The first-order valence-electron chi connectivity index (χ1n) is 7.31. The van der Waals surface area contributed by atoms with Crippen molar-refractivity contribution in [3.8, 4) is 16.9 Å². The largest absolute Gasteiger partial charge is 0.491 e. The lowest BCUT2D eigenvalue weighted by Crippen LogP contribution is -2.28. The van der Waals surface area contributed by atoms with Gasteiger partial charge in [-0.3, -0.25) is 9.67 Å². The fourth-order valence-electron chi connectivity index (χ4n) is 2.64. The summed E-state index contributed by atoms with van der Waals surface area (Å²) >= 11 is 0. The van der Waals surface area contributed by atoms with Crippen LogP contribution in [0.15, 0.2) is 35.6 Å². The van der Waals surface area contributed by atoms with Gasteiger partial charge in [0.25, 0.3) is 0 Å². The van der Waals surface area contributed by atoms with Crippen molar-refractivity contribution in [2.75, 3.05) is 33.9 Å². The Bertz CT molecular complexity index is 693. The first-order chi connectivity index (χ1) is 10.7. The van der Waals surface area contributed by atoms with Crippen LogP contribution < -0.4 is 4.74 Å². The normalized spacial score (nSPS) is 16.3. The molecule has 0 amide bonds. The van der Waals surface area contributed by atoms with Crippen LogP contribution in [0.25, 0.3) is 11.1 Å². The Balaban J connectivity index is 1.97. The molecule has 0 bridgehead atoms. The van der Waals surface area contributed by atoms with Crippen molar-refractivity contribution in [3.05, 3.63) is 36.2 Å². The lowest BCUT2D eigenvalue weighted by atomic mass is 10.1. The van der Waals surface area contributed by atoms with E-state index in [1.165, 1.54) is 0 Å². The zero-order valence-electron chi connectivity index (χ0n) is 12.9. The summed E-state index contributed by atoms with van der Waals surface area (Å²) in [6.07, 6.45) is 3.73. The second-order valence-electron chi connectivity index (χ2n) is 5.24. The van der Waals surface area contributed by atoms with Crippen molar-refractivity contribution in [1.82, 2.24) is 14.7 Å². The summed E-state index contributed by atoms with van der Waals surface area (Å²) in [7, 11) is 3.82. The lowest BCUT2D eigenvalue weighted by molar-refractivity contribution is 0.269. The van der Waals surface area contributed by atoms with Crippen molar-refractivity contribution in [2.24, 2.45) is 4.99 Å². The number of rotatable bonds is 3. The average molecular weight is 300 g/mol. The zero-order chi connectivity index (χ0) is 15.5. The molecule has 0 aliphatic carbocycles. The van der Waals surface area contributed by atoms with E-state index in [4.69, 9.17) is 9.84 Å². The topological polar surface area (TPSA) is 62.9 Å². The van der Waals surface area contributed by atoms with Crippen molar-refractivity contribution >= 4 is 5.84 Å². The maximum absolute atomic E-state index is 8.97. The Morgan fingerprint density at radius 2 is 2.23 bits per heavy atom. The monoisotopic (exact) mass is 300 g/mol. The fraction of sp³-hybridized carbons (Fsp3) is 0.375.